The summed E-state index contributed by atoms with van der Waals surface area (Å²) in [5.74, 6) is 0.837. The van der Waals surface area contributed by atoms with E-state index in [0.717, 1.165) is 58.9 Å². The van der Waals surface area contributed by atoms with Crippen molar-refractivity contribution in [1.29, 1.82) is 0 Å². The molecule has 6 rings (SSSR count). The lowest BCUT2D eigenvalue weighted by molar-refractivity contribution is -0.142. The molecule has 1 saturated heterocycles. The highest BCUT2D eigenvalue weighted by molar-refractivity contribution is 6.03. The van der Waals surface area contributed by atoms with Gasteiger partial charge in [-0.25, -0.2) is 4.79 Å². The molecule has 1 amide bonds. The molecule has 4 aromatic rings. The molecule has 0 radical (unpaired) electrons. The molecular formula is C30H31NO5. The maximum Gasteiger partial charge on any atom is 0.340 e. The number of fused-ring (bicyclic) bond motifs is 3. The number of carbonyl (C=O) groups is 1. The molecule has 0 bridgehead atoms. The van der Waals surface area contributed by atoms with Gasteiger partial charge in [-0.3, -0.25) is 4.79 Å². The fraction of sp³-hybridized carbons (Fsp3) is 0.400. The minimum atomic E-state index is -0.641. The summed E-state index contributed by atoms with van der Waals surface area (Å²) in [6, 6.07) is 13.9. The average molecular weight is 486 g/mol. The molecule has 1 N–H and O–H groups in total. The predicted molar refractivity (Wildman–Crippen MR) is 139 cm³/mol. The summed E-state index contributed by atoms with van der Waals surface area (Å²) in [5, 5.41) is 12.7. The van der Waals surface area contributed by atoms with Gasteiger partial charge in [0.15, 0.2) is 0 Å². The van der Waals surface area contributed by atoms with Crippen molar-refractivity contribution in [3.63, 3.8) is 0 Å². The Labute approximate surface area is 209 Å². The fourth-order valence-electron chi connectivity index (χ4n) is 6.33. The monoisotopic (exact) mass is 485 g/mol. The number of hydrogen-bond acceptors (Lipinski definition) is 5. The molecule has 6 nitrogen and oxygen atoms in total. The normalized spacial score (nSPS) is 22.2. The van der Waals surface area contributed by atoms with Crippen LogP contribution >= 0.6 is 0 Å². The van der Waals surface area contributed by atoms with Crippen LogP contribution in [0.25, 0.3) is 33.1 Å². The number of benzene rings is 2. The lowest BCUT2D eigenvalue weighted by Gasteiger charge is -2.47. The van der Waals surface area contributed by atoms with E-state index >= 15 is 0 Å². The molecule has 2 aromatic carbocycles. The number of hydrogen-bond donors (Lipinski definition) is 1. The highest BCUT2D eigenvalue weighted by atomic mass is 16.4. The Bertz CT molecular complexity index is 1530. The molecule has 0 spiro atoms. The molecule has 2 aliphatic rings. The van der Waals surface area contributed by atoms with E-state index in [0.29, 0.717) is 36.2 Å². The fourth-order valence-corrected chi connectivity index (χ4v) is 6.33. The van der Waals surface area contributed by atoms with Crippen molar-refractivity contribution in [3.8, 4) is 11.1 Å². The van der Waals surface area contributed by atoms with Gasteiger partial charge in [0.25, 0.3) is 0 Å². The minimum Gasteiger partial charge on any atom is -0.461 e. The van der Waals surface area contributed by atoms with Crippen molar-refractivity contribution in [2.75, 3.05) is 13.1 Å². The Hall–Kier alpha value is -3.38. The number of likely N-dealkylation sites (tertiary alicyclic amines) is 1. The van der Waals surface area contributed by atoms with Crippen LogP contribution in [0.4, 0.5) is 0 Å². The molecule has 2 unspecified atom stereocenters. The molecule has 1 aliphatic carbocycles. The zero-order valence-corrected chi connectivity index (χ0v) is 20.8. The van der Waals surface area contributed by atoms with Crippen molar-refractivity contribution < 1.29 is 18.7 Å². The Balaban J connectivity index is 1.36. The molecule has 2 atom stereocenters. The largest absolute Gasteiger partial charge is 0.461 e. The van der Waals surface area contributed by atoms with Gasteiger partial charge in [-0.2, -0.15) is 0 Å². The van der Waals surface area contributed by atoms with E-state index in [2.05, 4.69) is 12.1 Å². The third-order valence-electron chi connectivity index (χ3n) is 8.44. The third-order valence-corrected chi connectivity index (χ3v) is 8.44. The number of nitrogens with zero attached hydrogens (tertiary/aromatic N) is 1. The molecular weight excluding hydrogens is 454 g/mol. The molecule has 2 aromatic heterocycles. The highest BCUT2D eigenvalue weighted by Gasteiger charge is 2.43. The zero-order valence-electron chi connectivity index (χ0n) is 20.8. The van der Waals surface area contributed by atoms with Gasteiger partial charge in [0, 0.05) is 41.4 Å². The second-order valence-corrected chi connectivity index (χ2v) is 10.5. The first-order valence-electron chi connectivity index (χ1n) is 12.9. The first kappa shape index (κ1) is 23.0. The van der Waals surface area contributed by atoms with Crippen LogP contribution in [0.5, 0.6) is 0 Å². The van der Waals surface area contributed by atoms with Crippen LogP contribution in [0.1, 0.15) is 49.0 Å². The van der Waals surface area contributed by atoms with Crippen molar-refractivity contribution in [2.45, 2.75) is 58.0 Å². The summed E-state index contributed by atoms with van der Waals surface area (Å²) < 4.78 is 11.7. The number of amides is 1. The molecule has 1 aliphatic heterocycles. The van der Waals surface area contributed by atoms with E-state index in [1.165, 1.54) is 0 Å². The summed E-state index contributed by atoms with van der Waals surface area (Å²) in [6.45, 7) is 4.91. The van der Waals surface area contributed by atoms with Crippen LogP contribution in [-0.2, 0) is 11.2 Å². The Morgan fingerprint density at radius 2 is 1.83 bits per heavy atom. The number of aliphatic hydroxyl groups is 1. The van der Waals surface area contributed by atoms with E-state index in [4.69, 9.17) is 8.83 Å². The lowest BCUT2D eigenvalue weighted by Crippen LogP contribution is -2.55. The van der Waals surface area contributed by atoms with Gasteiger partial charge in [-0.05, 0) is 50.3 Å². The van der Waals surface area contributed by atoms with Gasteiger partial charge < -0.3 is 18.8 Å². The maximum absolute atomic E-state index is 13.3. The van der Waals surface area contributed by atoms with Gasteiger partial charge in [0.05, 0.1) is 17.6 Å². The van der Waals surface area contributed by atoms with E-state index in [1.807, 2.05) is 43.0 Å². The number of piperidine rings is 1. The summed E-state index contributed by atoms with van der Waals surface area (Å²) in [4.78, 5) is 28.1. The van der Waals surface area contributed by atoms with E-state index in [1.54, 1.807) is 6.07 Å². The molecule has 186 valence electrons. The third kappa shape index (κ3) is 3.75. The van der Waals surface area contributed by atoms with Crippen LogP contribution in [0.3, 0.4) is 0 Å². The lowest BCUT2D eigenvalue weighted by atomic mass is 9.71. The van der Waals surface area contributed by atoms with Gasteiger partial charge >= 0.3 is 5.63 Å². The number of aryl methyl sites for hydroxylation is 2. The van der Waals surface area contributed by atoms with Crippen LogP contribution in [-0.4, -0.2) is 34.6 Å². The summed E-state index contributed by atoms with van der Waals surface area (Å²) in [7, 11) is 0. The van der Waals surface area contributed by atoms with E-state index in [9.17, 15) is 14.7 Å². The first-order chi connectivity index (χ1) is 17.3. The van der Waals surface area contributed by atoms with Crippen molar-refractivity contribution in [2.24, 2.45) is 5.92 Å². The Morgan fingerprint density at radius 1 is 1.06 bits per heavy atom. The highest BCUT2D eigenvalue weighted by Crippen LogP contribution is 2.40. The van der Waals surface area contributed by atoms with Gasteiger partial charge in [-0.1, -0.05) is 43.2 Å². The van der Waals surface area contributed by atoms with Crippen LogP contribution < -0.4 is 5.63 Å². The summed E-state index contributed by atoms with van der Waals surface area (Å²) in [6.07, 6.45) is 4.52. The standard InChI is InChI=1S/C30H31NO5/c1-18-22-14-24-26(35-19(2)28(24)20-8-4-3-5-9-20)16-25(22)36-29(33)23(18)15-27(32)31-13-12-30(34)11-7-6-10-21(30)17-31/h3-5,8-9,14,16,21,34H,6-7,10-13,15,17H2,1-2H3. The molecule has 3 heterocycles. The van der Waals surface area contributed by atoms with Crippen molar-refractivity contribution in [3.05, 3.63) is 69.8 Å². The number of furan rings is 1. The number of carbonyl (C=O) groups excluding carboxylic acids is 1. The summed E-state index contributed by atoms with van der Waals surface area (Å²) in [5.41, 5.74) is 3.25. The quantitative estimate of drug-likeness (QED) is 0.386. The van der Waals surface area contributed by atoms with Crippen LogP contribution in [0.15, 0.2) is 56.1 Å². The average Bonchev–Trinajstić information content (AvgIpc) is 3.19. The summed E-state index contributed by atoms with van der Waals surface area (Å²) >= 11 is 0. The SMILES string of the molecule is Cc1oc2cc3oc(=O)c(CC(=O)N4CCC5(O)CCCCC5C4)c(C)c3cc2c1-c1ccccc1. The maximum atomic E-state index is 13.3. The van der Waals surface area contributed by atoms with Crippen molar-refractivity contribution >= 4 is 27.8 Å². The van der Waals surface area contributed by atoms with Gasteiger partial charge in [0.2, 0.25) is 5.91 Å². The smallest absolute Gasteiger partial charge is 0.340 e. The second kappa shape index (κ2) is 8.63. The van der Waals surface area contributed by atoms with Crippen LogP contribution in [0, 0.1) is 19.8 Å². The first-order valence-corrected chi connectivity index (χ1v) is 12.9. The van der Waals surface area contributed by atoms with Crippen LogP contribution in [0.2, 0.25) is 0 Å². The van der Waals surface area contributed by atoms with E-state index in [-0.39, 0.29) is 18.2 Å². The molecule has 2 fully saturated rings. The number of rotatable bonds is 3. The zero-order chi connectivity index (χ0) is 25.0. The minimum absolute atomic E-state index is 0.00322. The Morgan fingerprint density at radius 3 is 2.64 bits per heavy atom. The topological polar surface area (TPSA) is 83.9 Å². The second-order valence-electron chi connectivity index (χ2n) is 10.5. The van der Waals surface area contributed by atoms with Gasteiger partial charge in [0.1, 0.15) is 16.9 Å². The Kier molecular flexibility index (Phi) is 5.52. The van der Waals surface area contributed by atoms with Gasteiger partial charge in [-0.15, -0.1) is 0 Å². The predicted octanol–water partition coefficient (Wildman–Crippen LogP) is 5.52. The van der Waals surface area contributed by atoms with E-state index < -0.39 is 11.2 Å². The molecule has 36 heavy (non-hydrogen) atoms. The molecule has 6 heteroatoms. The molecule has 1 saturated carbocycles. The van der Waals surface area contributed by atoms with Crippen molar-refractivity contribution in [1.82, 2.24) is 4.90 Å².